The normalized spacial score (nSPS) is 11.4. The molecule has 20 heavy (non-hydrogen) atoms. The van der Waals surface area contributed by atoms with E-state index in [9.17, 15) is 22.7 Å². The SMILES string of the molecule is Cc1nc(-c2cc(OC(F)(F)F)ccc2O)ccc1F. The van der Waals surface area contributed by atoms with Crippen molar-refractivity contribution in [1.82, 2.24) is 4.98 Å². The summed E-state index contributed by atoms with van der Waals surface area (Å²) < 4.78 is 53.3. The predicted octanol–water partition coefficient (Wildman–Crippen LogP) is 3.80. The van der Waals surface area contributed by atoms with Gasteiger partial charge in [0, 0.05) is 5.56 Å². The average molecular weight is 287 g/mol. The van der Waals surface area contributed by atoms with Crippen molar-refractivity contribution in [2.45, 2.75) is 13.3 Å². The van der Waals surface area contributed by atoms with Gasteiger partial charge in [-0.25, -0.2) is 9.37 Å². The van der Waals surface area contributed by atoms with Crippen LogP contribution in [0.5, 0.6) is 11.5 Å². The number of phenolic OH excluding ortho intramolecular Hbond substituents is 1. The fraction of sp³-hybridized carbons (Fsp3) is 0.154. The van der Waals surface area contributed by atoms with E-state index in [0.29, 0.717) is 0 Å². The number of aryl methyl sites for hydroxylation is 1. The second kappa shape index (κ2) is 4.99. The third-order valence-corrected chi connectivity index (χ3v) is 2.50. The van der Waals surface area contributed by atoms with Gasteiger partial charge in [-0.05, 0) is 37.3 Å². The third kappa shape index (κ3) is 3.17. The first-order valence-corrected chi connectivity index (χ1v) is 5.48. The maximum Gasteiger partial charge on any atom is 0.573 e. The van der Waals surface area contributed by atoms with Crippen molar-refractivity contribution in [1.29, 1.82) is 0 Å². The Labute approximate surface area is 111 Å². The molecule has 0 saturated carbocycles. The standard InChI is InChI=1S/C13H9F4NO2/c1-7-10(14)3-4-11(18-7)9-6-8(2-5-12(9)19)20-13(15,16)17/h2-6,19H,1H3. The Morgan fingerprint density at radius 1 is 1.15 bits per heavy atom. The van der Waals surface area contributed by atoms with Crippen molar-refractivity contribution >= 4 is 0 Å². The van der Waals surface area contributed by atoms with Gasteiger partial charge < -0.3 is 9.84 Å². The van der Waals surface area contributed by atoms with Gasteiger partial charge in [0.2, 0.25) is 0 Å². The Bertz CT molecular complexity index is 641. The maximum atomic E-state index is 13.1. The molecule has 0 aliphatic rings. The minimum Gasteiger partial charge on any atom is -0.507 e. The van der Waals surface area contributed by atoms with Crippen molar-refractivity contribution < 1.29 is 27.4 Å². The van der Waals surface area contributed by atoms with Crippen LogP contribution in [0.4, 0.5) is 17.6 Å². The lowest BCUT2D eigenvalue weighted by atomic mass is 10.1. The summed E-state index contributed by atoms with van der Waals surface area (Å²) in [5.41, 5.74) is 0.243. The molecule has 7 heteroatoms. The molecule has 1 aromatic carbocycles. The van der Waals surface area contributed by atoms with Gasteiger partial charge in [0.05, 0.1) is 11.4 Å². The molecular weight excluding hydrogens is 278 g/mol. The number of aromatic nitrogens is 1. The van der Waals surface area contributed by atoms with Crippen LogP contribution in [0.3, 0.4) is 0 Å². The number of aromatic hydroxyl groups is 1. The van der Waals surface area contributed by atoms with E-state index in [1.165, 1.54) is 13.0 Å². The molecule has 2 rings (SSSR count). The van der Waals surface area contributed by atoms with E-state index in [-0.39, 0.29) is 22.7 Å². The summed E-state index contributed by atoms with van der Waals surface area (Å²) in [6.07, 6.45) is -4.83. The number of phenols is 1. The van der Waals surface area contributed by atoms with Crippen LogP contribution in [0.2, 0.25) is 0 Å². The summed E-state index contributed by atoms with van der Waals surface area (Å²) in [5.74, 6) is -1.32. The van der Waals surface area contributed by atoms with E-state index < -0.39 is 17.9 Å². The zero-order chi connectivity index (χ0) is 14.9. The van der Waals surface area contributed by atoms with Gasteiger partial charge >= 0.3 is 6.36 Å². The topological polar surface area (TPSA) is 42.4 Å². The summed E-state index contributed by atoms with van der Waals surface area (Å²) in [7, 11) is 0. The first-order valence-electron chi connectivity index (χ1n) is 5.48. The lowest BCUT2D eigenvalue weighted by molar-refractivity contribution is -0.274. The van der Waals surface area contributed by atoms with Crippen LogP contribution in [0.1, 0.15) is 5.69 Å². The molecule has 0 aliphatic heterocycles. The molecule has 1 heterocycles. The van der Waals surface area contributed by atoms with Gasteiger partial charge in [-0.3, -0.25) is 0 Å². The number of benzene rings is 1. The Morgan fingerprint density at radius 2 is 1.85 bits per heavy atom. The lowest BCUT2D eigenvalue weighted by Gasteiger charge is -2.11. The number of ether oxygens (including phenoxy) is 1. The largest absolute Gasteiger partial charge is 0.573 e. The van der Waals surface area contributed by atoms with Crippen LogP contribution >= 0.6 is 0 Å². The van der Waals surface area contributed by atoms with E-state index in [1.807, 2.05) is 0 Å². The maximum absolute atomic E-state index is 13.1. The molecule has 0 spiro atoms. The van der Waals surface area contributed by atoms with Crippen molar-refractivity contribution in [3.63, 3.8) is 0 Å². The van der Waals surface area contributed by atoms with E-state index in [2.05, 4.69) is 9.72 Å². The molecule has 1 N–H and O–H groups in total. The van der Waals surface area contributed by atoms with Gasteiger partial charge in [-0.1, -0.05) is 0 Å². The highest BCUT2D eigenvalue weighted by Crippen LogP contribution is 2.33. The van der Waals surface area contributed by atoms with E-state index >= 15 is 0 Å². The monoisotopic (exact) mass is 287 g/mol. The average Bonchev–Trinajstić information content (AvgIpc) is 2.33. The number of alkyl halides is 3. The van der Waals surface area contributed by atoms with Crippen LogP contribution in [-0.4, -0.2) is 16.5 Å². The molecular formula is C13H9F4NO2. The Balaban J connectivity index is 2.45. The number of hydrogen-bond acceptors (Lipinski definition) is 3. The summed E-state index contributed by atoms with van der Waals surface area (Å²) >= 11 is 0. The quantitative estimate of drug-likeness (QED) is 0.854. The number of pyridine rings is 1. The molecule has 2 aromatic rings. The fourth-order valence-electron chi connectivity index (χ4n) is 1.61. The number of nitrogens with zero attached hydrogens (tertiary/aromatic N) is 1. The van der Waals surface area contributed by atoms with E-state index in [1.54, 1.807) is 0 Å². The van der Waals surface area contributed by atoms with Gasteiger partial charge in [-0.2, -0.15) is 0 Å². The molecule has 0 unspecified atom stereocenters. The van der Waals surface area contributed by atoms with Crippen LogP contribution in [0.25, 0.3) is 11.3 Å². The van der Waals surface area contributed by atoms with E-state index in [0.717, 1.165) is 24.3 Å². The second-order valence-corrected chi connectivity index (χ2v) is 3.99. The fourth-order valence-corrected chi connectivity index (χ4v) is 1.61. The van der Waals surface area contributed by atoms with Crippen LogP contribution < -0.4 is 4.74 Å². The zero-order valence-corrected chi connectivity index (χ0v) is 10.2. The zero-order valence-electron chi connectivity index (χ0n) is 10.2. The van der Waals surface area contributed by atoms with Crippen LogP contribution in [-0.2, 0) is 0 Å². The van der Waals surface area contributed by atoms with Crippen LogP contribution in [0.15, 0.2) is 30.3 Å². The number of halogens is 4. The smallest absolute Gasteiger partial charge is 0.507 e. The number of hydrogen-bond donors (Lipinski definition) is 1. The lowest BCUT2D eigenvalue weighted by Crippen LogP contribution is -2.17. The molecule has 0 amide bonds. The number of rotatable bonds is 2. The van der Waals surface area contributed by atoms with Crippen LogP contribution in [0, 0.1) is 12.7 Å². The summed E-state index contributed by atoms with van der Waals surface area (Å²) in [6, 6.07) is 5.39. The highest BCUT2D eigenvalue weighted by atomic mass is 19.4. The molecule has 0 bridgehead atoms. The third-order valence-electron chi connectivity index (χ3n) is 2.50. The summed E-state index contributed by atoms with van der Waals surface area (Å²) in [4.78, 5) is 3.87. The second-order valence-electron chi connectivity index (χ2n) is 3.99. The highest BCUT2D eigenvalue weighted by molar-refractivity contribution is 5.68. The first-order chi connectivity index (χ1) is 9.26. The minimum atomic E-state index is -4.83. The minimum absolute atomic E-state index is 0.0230. The molecule has 0 saturated heterocycles. The van der Waals surface area contributed by atoms with Gasteiger partial charge in [0.25, 0.3) is 0 Å². The first kappa shape index (κ1) is 14.1. The van der Waals surface area contributed by atoms with Crippen molar-refractivity contribution in [2.24, 2.45) is 0 Å². The highest BCUT2D eigenvalue weighted by Gasteiger charge is 2.31. The summed E-state index contributed by atoms with van der Waals surface area (Å²) in [5, 5.41) is 9.68. The summed E-state index contributed by atoms with van der Waals surface area (Å²) in [6.45, 7) is 1.41. The molecule has 0 atom stereocenters. The molecule has 0 radical (unpaired) electrons. The molecule has 1 aromatic heterocycles. The Hall–Kier alpha value is -2.31. The molecule has 106 valence electrons. The van der Waals surface area contributed by atoms with Gasteiger partial charge in [0.15, 0.2) is 0 Å². The van der Waals surface area contributed by atoms with E-state index in [4.69, 9.17) is 0 Å². The molecule has 3 nitrogen and oxygen atoms in total. The van der Waals surface area contributed by atoms with Crippen molar-refractivity contribution in [3.8, 4) is 22.8 Å². The predicted molar refractivity (Wildman–Crippen MR) is 62.7 cm³/mol. The van der Waals surface area contributed by atoms with Gasteiger partial charge in [-0.15, -0.1) is 13.2 Å². The van der Waals surface area contributed by atoms with Crippen molar-refractivity contribution in [2.75, 3.05) is 0 Å². The van der Waals surface area contributed by atoms with Gasteiger partial charge in [0.1, 0.15) is 17.3 Å². The Kier molecular flexibility index (Phi) is 3.52. The molecule has 0 aliphatic carbocycles. The molecule has 0 fully saturated rings. The van der Waals surface area contributed by atoms with Crippen molar-refractivity contribution in [3.05, 3.63) is 41.8 Å². The Morgan fingerprint density at radius 3 is 2.45 bits per heavy atom.